The average Bonchev–Trinajstić information content (AvgIpc) is 3.01. The van der Waals surface area contributed by atoms with Crippen LogP contribution in [0.3, 0.4) is 0 Å². The Labute approximate surface area is 664 Å². The predicted octanol–water partition coefficient (Wildman–Crippen LogP) is 22.5. The third-order valence-corrected chi connectivity index (χ3v) is 23.4. The van der Waals surface area contributed by atoms with Gasteiger partial charge in [0.1, 0.15) is 1.63 Å². The summed E-state index contributed by atoms with van der Waals surface area (Å²) < 4.78 is -1.34. The first-order chi connectivity index (χ1) is 25.3. The summed E-state index contributed by atoms with van der Waals surface area (Å²) in [5, 5.41) is 0. The molecule has 4 aromatic carbocycles. The van der Waals surface area contributed by atoms with E-state index in [2.05, 4.69) is 615 Å². The lowest BCUT2D eigenvalue weighted by atomic mass is 9.12. The summed E-state index contributed by atoms with van der Waals surface area (Å²) >= 11 is 63.0. The minimum absolute atomic E-state index is 0. The van der Waals surface area contributed by atoms with Gasteiger partial charge in [-0.15, -0.1) is 0 Å². The molecule has 0 unspecified atom stereocenters. The van der Waals surface area contributed by atoms with E-state index in [1.807, 2.05) is 0 Å². The van der Waals surface area contributed by atoms with E-state index in [-0.39, 0.29) is -3.09 Å². The van der Waals surface area contributed by atoms with Crippen molar-refractivity contribution in [1.29, 1.82) is 0 Å². The highest BCUT2D eigenvalue weighted by Crippen LogP contribution is 2.55. The van der Waals surface area contributed by atoms with Gasteiger partial charge in [-0.25, -0.2) is 0 Å². The lowest BCUT2D eigenvalue weighted by molar-refractivity contribution is 1.33. The largest absolute Gasteiger partial charge is 1.00 e. The molecular formula is C32H13BI24. The molecule has 0 nitrogen and oxygen atoms in total. The average molecular weight is 3450 g/mol. The molecule has 4 rings (SSSR count). The van der Waals surface area contributed by atoms with Crippen LogP contribution in [0.5, 0.6) is 0 Å². The molecule has 0 aliphatic rings. The minimum Gasteiger partial charge on any atom is -0.194 e. The minimum atomic E-state index is -1.88. The van der Waals surface area contributed by atoms with Crippen molar-refractivity contribution in [3.05, 3.63) is 117 Å². The van der Waals surface area contributed by atoms with E-state index in [1.165, 1.54) is 66.4 Å². The van der Waals surface area contributed by atoms with E-state index >= 15 is 0 Å². The molecule has 57 heavy (non-hydrogen) atoms. The molecule has 0 spiro atoms. The second-order valence-electron chi connectivity index (χ2n) is 12.2. The molecule has 312 valence electrons. The number of hydrogen-bond donors (Lipinski definition) is 0. The van der Waals surface area contributed by atoms with Crippen molar-refractivity contribution in [2.24, 2.45) is 0 Å². The molecule has 0 bridgehead atoms. The van der Waals surface area contributed by atoms with E-state index in [1.54, 1.807) is 0 Å². The zero-order valence-corrected chi connectivity index (χ0v) is 78.4. The van der Waals surface area contributed by atoms with Crippen LogP contribution in [0.25, 0.3) is 0 Å². The van der Waals surface area contributed by atoms with Crippen LogP contribution in [0.15, 0.2) is 72.8 Å². The van der Waals surface area contributed by atoms with Crippen LogP contribution in [-0.2, 0) is -4.52 Å². The Kier molecular flexibility index (Phi) is 28.1. The summed E-state index contributed by atoms with van der Waals surface area (Å²) in [7, 11) is 0. The molecule has 0 radical (unpaired) electrons. The summed E-state index contributed by atoms with van der Waals surface area (Å²) in [6, 6.07) is 30.2. The Morgan fingerprint density at radius 1 is 0.211 bits per heavy atom. The number of hydrogen-bond acceptors (Lipinski definition) is 0. The van der Waals surface area contributed by atoms with Gasteiger partial charge >= 0.3 is 1.43 Å². The number of rotatable bonds is 12. The number of alkyl halides is 24. The molecule has 0 saturated heterocycles. The standard InChI is InChI=1S/C32H12BI24/c34-25(35,36)13-1-14(26(37,38)39)6-21(5-13)33(22-7-15(27(40,41)42)2-16(8-22)28(43,44)45,23-9-17(29(46,47)48)3-18(10-23)30(49,50)51)24-11-19(31(52,53)54)4-20(12-24)32(55,56)57/h1-12H/q-1/p+1. The van der Waals surface area contributed by atoms with Gasteiger partial charge in [0.15, 0.2) is 0 Å². The fourth-order valence-electron chi connectivity index (χ4n) is 6.07. The maximum atomic E-state index is 2.63. The molecule has 25 heteroatoms. The van der Waals surface area contributed by atoms with Crippen molar-refractivity contribution in [1.82, 2.24) is 0 Å². The van der Waals surface area contributed by atoms with Crippen LogP contribution in [0.1, 0.15) is 45.9 Å². The third-order valence-electron chi connectivity index (χ3n) is 8.44. The van der Waals surface area contributed by atoms with E-state index in [0.717, 1.165) is 0 Å². The van der Waals surface area contributed by atoms with Crippen LogP contribution in [0.4, 0.5) is 0 Å². The molecule has 0 N–H and O–H groups in total. The smallest absolute Gasteiger partial charge is 0.194 e. The lowest BCUT2D eigenvalue weighted by Gasteiger charge is -2.47. The quantitative estimate of drug-likeness (QED) is 0.0753. The number of benzene rings is 4. The molecule has 0 aliphatic carbocycles. The Hall–Kier alpha value is 14.5. The van der Waals surface area contributed by atoms with Crippen LogP contribution in [0.2, 0.25) is 0 Å². The van der Waals surface area contributed by atoms with E-state index in [9.17, 15) is 0 Å². The molecular weight excluding hydrogens is 3440 g/mol. The lowest BCUT2D eigenvalue weighted by Crippen LogP contribution is -2.75. The molecule has 0 aromatic heterocycles. The van der Waals surface area contributed by atoms with Crippen molar-refractivity contribution < 1.29 is 1.43 Å². The van der Waals surface area contributed by atoms with Gasteiger partial charge in [-0.3, -0.25) is 0 Å². The summed E-state index contributed by atoms with van der Waals surface area (Å²) in [5.74, 6) is 0. The van der Waals surface area contributed by atoms with Gasteiger partial charge in [0.25, 0.3) is 0 Å². The zero-order valence-electron chi connectivity index (χ0n) is 27.6. The highest BCUT2D eigenvalue weighted by Gasteiger charge is 2.41. The summed E-state index contributed by atoms with van der Waals surface area (Å²) in [6.45, 7) is 0. The summed E-state index contributed by atoms with van der Waals surface area (Å²) in [5.41, 5.74) is 15.9. The highest BCUT2D eigenvalue weighted by atomic mass is 127. The van der Waals surface area contributed by atoms with Gasteiger partial charge in [-0.1, -0.05) is 72.8 Å². The first kappa shape index (κ1) is 64.0. The van der Waals surface area contributed by atoms with Crippen LogP contribution < -0.4 is 21.9 Å². The van der Waals surface area contributed by atoms with Crippen LogP contribution in [-0.4, -0.2) is 6.15 Å². The van der Waals surface area contributed by atoms with E-state index < -0.39 is 6.15 Å². The summed E-state index contributed by atoms with van der Waals surface area (Å²) in [6.07, 6.45) is -1.88. The Morgan fingerprint density at radius 3 is 0.404 bits per heavy atom. The third kappa shape index (κ3) is 18.3. The summed E-state index contributed by atoms with van der Waals surface area (Å²) in [4.78, 5) is 0. The Balaban J connectivity index is 0.00000900. The van der Waals surface area contributed by atoms with E-state index in [4.69, 9.17) is 0 Å². The molecule has 0 aliphatic heterocycles. The van der Waals surface area contributed by atoms with Gasteiger partial charge in [-0.2, -0.15) is 21.9 Å². The zero-order chi connectivity index (χ0) is 43.9. The molecule has 0 fully saturated rings. The molecule has 4 aromatic rings. The van der Waals surface area contributed by atoms with Gasteiger partial charge in [-0.05, 0) is 587 Å². The van der Waals surface area contributed by atoms with Gasteiger partial charge in [0, 0.05) is 0 Å². The second-order valence-corrected chi connectivity index (χ2v) is 101. The SMILES string of the molecule is IC(I)(I)c1cc([B-](c2cc(C(I)(I)I)cc(C(I)(I)I)c2)(c2cc(C(I)(I)I)cc(C(I)(I)I)c2)c2cc(C(I)(I)I)cc(C(I)(I)I)c2)cc(C(I)(I)I)c1.[H+]. The van der Waals surface area contributed by atoms with Crippen LogP contribution in [0, 0.1) is 0 Å². The topological polar surface area (TPSA) is 0 Å². The van der Waals surface area contributed by atoms with Crippen molar-refractivity contribution in [3.63, 3.8) is 0 Å². The Bertz CT molecular complexity index is 1700. The van der Waals surface area contributed by atoms with Crippen molar-refractivity contribution in [2.75, 3.05) is 0 Å². The number of halogens is 24. The first-order valence-corrected chi connectivity index (χ1v) is 40.5. The molecule has 0 heterocycles. The molecule has 0 saturated carbocycles. The maximum Gasteiger partial charge on any atom is 1.00 e. The second kappa shape index (κ2) is 25.1. The predicted molar refractivity (Wildman–Crippen MR) is 461 cm³/mol. The van der Waals surface area contributed by atoms with Crippen molar-refractivity contribution in [3.8, 4) is 0 Å². The normalized spacial score (nSPS) is 14.3. The first-order valence-electron chi connectivity index (χ1n) is 14.6. The monoisotopic (exact) mass is 3450 g/mol. The van der Waals surface area contributed by atoms with Crippen molar-refractivity contribution in [2.45, 2.75) is -4.52 Å². The fourth-order valence-corrected chi connectivity index (χ4v) is 13.5. The molecule has 0 amide bonds. The molecule has 0 atom stereocenters. The maximum absolute atomic E-state index is 2.63. The van der Waals surface area contributed by atoms with Crippen molar-refractivity contribution >= 4 is 570 Å². The van der Waals surface area contributed by atoms with Gasteiger partial charge in [0.2, 0.25) is 0 Å². The fraction of sp³-hybridized carbons (Fsp3) is 0.250. The van der Waals surface area contributed by atoms with Gasteiger partial charge < -0.3 is 0 Å². The van der Waals surface area contributed by atoms with Crippen LogP contribution >= 0.6 is 542 Å². The van der Waals surface area contributed by atoms with Gasteiger partial charge in [0.05, 0.1) is 0 Å². The van der Waals surface area contributed by atoms with E-state index in [0.29, 0.717) is 0 Å². The Morgan fingerprint density at radius 2 is 0.316 bits per heavy atom. The highest BCUT2D eigenvalue weighted by molar-refractivity contribution is 14.3.